The molecule has 3 rings (SSSR count). The fourth-order valence-corrected chi connectivity index (χ4v) is 3.94. The number of aliphatic imine (C=N–C) groups is 1. The molecule has 1 aliphatic heterocycles. The molecular weight excluding hydrogens is 503 g/mol. The van der Waals surface area contributed by atoms with Crippen molar-refractivity contribution in [3.05, 3.63) is 54.2 Å². The molecule has 0 bridgehead atoms. The summed E-state index contributed by atoms with van der Waals surface area (Å²) < 4.78 is 26.3. The Balaban J connectivity index is 0.00000300. The van der Waals surface area contributed by atoms with Crippen LogP contribution in [0.4, 0.5) is 5.82 Å². The third-order valence-electron chi connectivity index (χ3n) is 4.69. The Morgan fingerprint density at radius 1 is 1.14 bits per heavy atom. The lowest BCUT2D eigenvalue weighted by Gasteiger charge is -2.37. The number of pyridine rings is 1. The van der Waals surface area contributed by atoms with Gasteiger partial charge >= 0.3 is 0 Å². The zero-order chi connectivity index (χ0) is 20.0. The molecule has 2 aromatic rings. The number of anilines is 1. The van der Waals surface area contributed by atoms with Crippen molar-refractivity contribution in [3.63, 3.8) is 0 Å². The molecule has 2 N–H and O–H groups in total. The van der Waals surface area contributed by atoms with Gasteiger partial charge in [0.2, 0.25) is 10.0 Å². The van der Waals surface area contributed by atoms with Gasteiger partial charge in [0.05, 0.1) is 4.90 Å². The van der Waals surface area contributed by atoms with Gasteiger partial charge in [0.1, 0.15) is 5.82 Å². The summed E-state index contributed by atoms with van der Waals surface area (Å²) >= 11 is 0. The number of halogens is 1. The quantitative estimate of drug-likeness (QED) is 0.346. The van der Waals surface area contributed by atoms with Gasteiger partial charge in [-0.1, -0.05) is 18.2 Å². The number of piperazine rings is 1. The summed E-state index contributed by atoms with van der Waals surface area (Å²) in [6.07, 6.45) is 1.81. The van der Waals surface area contributed by atoms with Crippen LogP contribution in [0, 0.1) is 0 Å². The van der Waals surface area contributed by atoms with Crippen LogP contribution in [0.5, 0.6) is 0 Å². The van der Waals surface area contributed by atoms with E-state index in [-0.39, 0.29) is 28.9 Å². The lowest BCUT2D eigenvalue weighted by Crippen LogP contribution is -2.52. The smallest absolute Gasteiger partial charge is 0.240 e. The second kappa shape index (κ2) is 10.7. The summed E-state index contributed by atoms with van der Waals surface area (Å²) in [7, 11) is -0.279. The van der Waals surface area contributed by atoms with Crippen molar-refractivity contribution in [2.24, 2.45) is 4.99 Å². The monoisotopic (exact) mass is 530 g/mol. The van der Waals surface area contributed by atoms with Gasteiger partial charge in [0, 0.05) is 46.0 Å². The Labute approximate surface area is 189 Å². The van der Waals surface area contributed by atoms with Crippen LogP contribution in [0.15, 0.2) is 58.5 Å². The predicted octanol–water partition coefficient (Wildman–Crippen LogP) is 1.51. The number of aromatic nitrogens is 1. The average Bonchev–Trinajstić information content (AvgIpc) is 2.75. The van der Waals surface area contributed by atoms with Crippen LogP contribution in [-0.4, -0.2) is 64.5 Å². The second-order valence-electron chi connectivity index (χ2n) is 6.42. The Kier molecular flexibility index (Phi) is 8.65. The maximum Gasteiger partial charge on any atom is 0.240 e. The maximum absolute atomic E-state index is 12.0. The predicted molar refractivity (Wildman–Crippen MR) is 126 cm³/mol. The highest BCUT2D eigenvalue weighted by Gasteiger charge is 2.20. The second-order valence-corrected chi connectivity index (χ2v) is 8.30. The average molecular weight is 530 g/mol. The molecule has 1 aliphatic rings. The minimum Gasteiger partial charge on any atom is -0.353 e. The normalized spacial score (nSPS) is 15.0. The molecule has 158 valence electrons. The van der Waals surface area contributed by atoms with Gasteiger partial charge in [-0.05, 0) is 36.9 Å². The van der Waals surface area contributed by atoms with Crippen LogP contribution < -0.4 is 14.9 Å². The largest absolute Gasteiger partial charge is 0.353 e. The highest BCUT2D eigenvalue weighted by atomic mass is 127. The minimum atomic E-state index is -3.45. The van der Waals surface area contributed by atoms with Crippen LogP contribution in [-0.2, 0) is 16.6 Å². The summed E-state index contributed by atoms with van der Waals surface area (Å²) in [6, 6.07) is 12.8. The lowest BCUT2D eigenvalue weighted by molar-refractivity contribution is 0.371. The summed E-state index contributed by atoms with van der Waals surface area (Å²) in [6.45, 7) is 3.91. The number of hydrogen-bond donors (Lipinski definition) is 2. The van der Waals surface area contributed by atoms with Crippen molar-refractivity contribution in [3.8, 4) is 0 Å². The Hall–Kier alpha value is -1.92. The molecule has 1 aromatic carbocycles. The summed E-state index contributed by atoms with van der Waals surface area (Å²) in [5.41, 5.74) is 0.879. The van der Waals surface area contributed by atoms with Gasteiger partial charge in [-0.3, -0.25) is 4.99 Å². The first-order valence-electron chi connectivity index (χ1n) is 9.17. The van der Waals surface area contributed by atoms with E-state index in [0.29, 0.717) is 6.54 Å². The molecule has 1 saturated heterocycles. The Bertz CT molecular complexity index is 915. The first-order chi connectivity index (χ1) is 13.5. The van der Waals surface area contributed by atoms with Crippen molar-refractivity contribution in [1.82, 2.24) is 19.9 Å². The van der Waals surface area contributed by atoms with Crippen molar-refractivity contribution in [2.45, 2.75) is 11.4 Å². The highest BCUT2D eigenvalue weighted by molar-refractivity contribution is 14.0. The van der Waals surface area contributed by atoms with Crippen LogP contribution in [0.1, 0.15) is 5.56 Å². The summed E-state index contributed by atoms with van der Waals surface area (Å²) in [5, 5.41) is 3.33. The zero-order valence-electron chi connectivity index (χ0n) is 16.6. The van der Waals surface area contributed by atoms with Crippen molar-refractivity contribution in [1.29, 1.82) is 0 Å². The maximum atomic E-state index is 12.0. The topological polar surface area (TPSA) is 89.9 Å². The number of hydrogen-bond acceptors (Lipinski definition) is 5. The molecule has 0 spiro atoms. The van der Waals surface area contributed by atoms with Crippen LogP contribution in [0.25, 0.3) is 0 Å². The number of guanidine groups is 1. The zero-order valence-corrected chi connectivity index (χ0v) is 19.7. The number of sulfonamides is 1. The fraction of sp³-hybridized carbons (Fsp3) is 0.368. The molecule has 10 heteroatoms. The lowest BCUT2D eigenvalue weighted by atomic mass is 10.2. The Morgan fingerprint density at radius 3 is 2.52 bits per heavy atom. The summed E-state index contributed by atoms with van der Waals surface area (Å²) in [4.78, 5) is 13.5. The summed E-state index contributed by atoms with van der Waals surface area (Å²) in [5.74, 6) is 1.80. The fourth-order valence-electron chi connectivity index (χ4n) is 3.14. The van der Waals surface area contributed by atoms with Crippen LogP contribution in [0.2, 0.25) is 0 Å². The third-order valence-corrected chi connectivity index (χ3v) is 6.10. The van der Waals surface area contributed by atoms with Crippen LogP contribution >= 0.6 is 24.0 Å². The number of benzene rings is 1. The van der Waals surface area contributed by atoms with Crippen molar-refractivity contribution in [2.75, 3.05) is 45.2 Å². The molecule has 0 amide bonds. The molecule has 0 unspecified atom stereocenters. The van der Waals surface area contributed by atoms with Crippen molar-refractivity contribution < 1.29 is 8.42 Å². The van der Waals surface area contributed by atoms with E-state index < -0.39 is 10.0 Å². The van der Waals surface area contributed by atoms with E-state index in [1.807, 2.05) is 30.5 Å². The first kappa shape index (κ1) is 23.4. The van der Waals surface area contributed by atoms with E-state index in [2.05, 4.69) is 29.8 Å². The van der Waals surface area contributed by atoms with Gasteiger partial charge in [-0.15, -0.1) is 24.0 Å². The van der Waals surface area contributed by atoms with E-state index in [9.17, 15) is 8.42 Å². The van der Waals surface area contributed by atoms with Gasteiger partial charge in [-0.2, -0.15) is 0 Å². The molecule has 8 nitrogen and oxygen atoms in total. The van der Waals surface area contributed by atoms with Crippen LogP contribution in [0.3, 0.4) is 0 Å². The molecule has 0 saturated carbocycles. The number of nitrogens with zero attached hydrogens (tertiary/aromatic N) is 4. The third kappa shape index (κ3) is 6.03. The molecule has 1 aromatic heterocycles. The minimum absolute atomic E-state index is 0. The van der Waals surface area contributed by atoms with E-state index in [4.69, 9.17) is 0 Å². The standard InChI is InChI=1S/C19H26N6O2S.HI/c1-20-19(23-15-16-6-5-7-17(14-16)28(26,27)21-2)25-12-10-24(11-13-25)18-8-3-4-9-22-18;/h3-9,14,21H,10-13,15H2,1-2H3,(H,20,23);1H. The van der Waals surface area contributed by atoms with Gasteiger partial charge < -0.3 is 15.1 Å². The molecular formula is C19H27IN6O2S. The van der Waals surface area contributed by atoms with Crippen molar-refractivity contribution >= 4 is 45.8 Å². The van der Waals surface area contributed by atoms with E-state index in [1.165, 1.54) is 7.05 Å². The molecule has 2 heterocycles. The SMILES string of the molecule is CN=C(NCc1cccc(S(=O)(=O)NC)c1)N1CCN(c2ccccn2)CC1.I. The Morgan fingerprint density at radius 2 is 1.90 bits per heavy atom. The van der Waals surface area contributed by atoms with E-state index >= 15 is 0 Å². The molecule has 0 radical (unpaired) electrons. The first-order valence-corrected chi connectivity index (χ1v) is 10.7. The molecule has 1 fully saturated rings. The number of rotatable bonds is 5. The molecule has 0 atom stereocenters. The van der Waals surface area contributed by atoms with Gasteiger partial charge in [-0.25, -0.2) is 18.1 Å². The van der Waals surface area contributed by atoms with E-state index in [0.717, 1.165) is 43.5 Å². The van der Waals surface area contributed by atoms with Gasteiger partial charge in [0.15, 0.2) is 5.96 Å². The highest BCUT2D eigenvalue weighted by Crippen LogP contribution is 2.13. The number of nitrogens with one attached hydrogen (secondary N) is 2. The van der Waals surface area contributed by atoms with Gasteiger partial charge in [0.25, 0.3) is 0 Å². The molecule has 29 heavy (non-hydrogen) atoms. The van der Waals surface area contributed by atoms with E-state index in [1.54, 1.807) is 25.2 Å². The molecule has 0 aliphatic carbocycles.